The first-order valence-electron chi connectivity index (χ1n) is 3.20. The van der Waals surface area contributed by atoms with Crippen molar-refractivity contribution in [3.8, 4) is 0 Å². The summed E-state index contributed by atoms with van der Waals surface area (Å²) in [6.45, 7) is 0. The number of rotatable bonds is 1. The summed E-state index contributed by atoms with van der Waals surface area (Å²) >= 11 is 0. The van der Waals surface area contributed by atoms with Gasteiger partial charge >= 0.3 is 11.8 Å². The topological polar surface area (TPSA) is 90.0 Å². The van der Waals surface area contributed by atoms with E-state index in [9.17, 15) is 9.59 Å². The molecule has 0 aliphatic heterocycles. The molecular formula is C6H8N4O2. The van der Waals surface area contributed by atoms with Crippen molar-refractivity contribution >= 4 is 17.6 Å². The monoisotopic (exact) mass is 168 g/mol. The first-order valence-corrected chi connectivity index (χ1v) is 3.20. The molecule has 12 heavy (non-hydrogen) atoms. The number of nitrogens with one attached hydrogen (secondary N) is 1. The van der Waals surface area contributed by atoms with Crippen molar-refractivity contribution in [3.63, 3.8) is 0 Å². The SMILES string of the molecule is Cn1nccc1NC(=O)C(N)=O. The first kappa shape index (κ1) is 8.25. The Balaban J connectivity index is 2.71. The minimum Gasteiger partial charge on any atom is -0.361 e. The fraction of sp³-hybridized carbons (Fsp3) is 0.167. The van der Waals surface area contributed by atoms with Gasteiger partial charge in [0.25, 0.3) is 0 Å². The highest BCUT2D eigenvalue weighted by molar-refractivity contribution is 6.38. The molecule has 0 atom stereocenters. The second kappa shape index (κ2) is 3.04. The maximum atomic E-state index is 10.7. The molecular weight excluding hydrogens is 160 g/mol. The molecule has 0 bridgehead atoms. The van der Waals surface area contributed by atoms with Crippen LogP contribution in [0.2, 0.25) is 0 Å². The molecule has 0 aromatic carbocycles. The lowest BCUT2D eigenvalue weighted by Gasteiger charge is -2.00. The van der Waals surface area contributed by atoms with Crippen LogP contribution in [-0.2, 0) is 16.6 Å². The summed E-state index contributed by atoms with van der Waals surface area (Å²) in [5.74, 6) is -1.44. The summed E-state index contributed by atoms with van der Waals surface area (Å²) in [5.41, 5.74) is 4.72. The van der Waals surface area contributed by atoms with Gasteiger partial charge in [-0.1, -0.05) is 0 Å². The van der Waals surface area contributed by atoms with Gasteiger partial charge in [-0.2, -0.15) is 5.10 Å². The normalized spacial score (nSPS) is 9.42. The van der Waals surface area contributed by atoms with E-state index in [0.29, 0.717) is 5.82 Å². The third-order valence-electron chi connectivity index (χ3n) is 1.29. The molecule has 1 aromatic rings. The number of carbonyl (C=O) groups is 2. The Labute approximate surface area is 68.3 Å². The van der Waals surface area contributed by atoms with Crippen molar-refractivity contribution in [3.05, 3.63) is 12.3 Å². The Morgan fingerprint density at radius 2 is 2.33 bits per heavy atom. The van der Waals surface area contributed by atoms with Crippen LogP contribution in [0, 0.1) is 0 Å². The average Bonchev–Trinajstić information content (AvgIpc) is 2.36. The Bertz CT molecular complexity index is 317. The minimum atomic E-state index is -1.02. The van der Waals surface area contributed by atoms with E-state index in [1.807, 2.05) is 0 Å². The van der Waals surface area contributed by atoms with Crippen LogP contribution in [0.25, 0.3) is 0 Å². The number of aryl methyl sites for hydroxylation is 1. The molecule has 0 aliphatic carbocycles. The van der Waals surface area contributed by atoms with Gasteiger partial charge in [0.15, 0.2) is 0 Å². The number of amides is 2. The smallest absolute Gasteiger partial charge is 0.314 e. The van der Waals surface area contributed by atoms with Gasteiger partial charge in [0.2, 0.25) is 0 Å². The average molecular weight is 168 g/mol. The minimum absolute atomic E-state index is 0.429. The quantitative estimate of drug-likeness (QED) is 0.518. The van der Waals surface area contributed by atoms with Gasteiger partial charge in [0.1, 0.15) is 5.82 Å². The third-order valence-corrected chi connectivity index (χ3v) is 1.29. The summed E-state index contributed by atoms with van der Waals surface area (Å²) in [4.78, 5) is 21.1. The Kier molecular flexibility index (Phi) is 2.09. The molecule has 1 rings (SSSR count). The number of hydrogen-bond donors (Lipinski definition) is 2. The number of nitrogens with two attached hydrogens (primary N) is 1. The van der Waals surface area contributed by atoms with Crippen molar-refractivity contribution in [2.75, 3.05) is 5.32 Å². The van der Waals surface area contributed by atoms with Gasteiger partial charge in [-0.05, 0) is 0 Å². The Morgan fingerprint density at radius 1 is 1.67 bits per heavy atom. The zero-order valence-corrected chi connectivity index (χ0v) is 6.44. The molecule has 0 unspecified atom stereocenters. The zero-order chi connectivity index (χ0) is 9.14. The third kappa shape index (κ3) is 1.60. The molecule has 1 heterocycles. The predicted octanol–water partition coefficient (Wildman–Crippen LogP) is -1.16. The summed E-state index contributed by atoms with van der Waals surface area (Å²) < 4.78 is 1.42. The van der Waals surface area contributed by atoms with Crippen LogP contribution in [0.4, 0.5) is 5.82 Å². The molecule has 0 fully saturated rings. The molecule has 1 aromatic heterocycles. The molecule has 3 N–H and O–H groups in total. The molecule has 64 valence electrons. The highest BCUT2D eigenvalue weighted by atomic mass is 16.2. The van der Waals surface area contributed by atoms with Crippen LogP contribution in [0.15, 0.2) is 12.3 Å². The van der Waals surface area contributed by atoms with E-state index in [2.05, 4.69) is 10.4 Å². The van der Waals surface area contributed by atoms with E-state index in [4.69, 9.17) is 5.73 Å². The fourth-order valence-electron chi connectivity index (χ4n) is 0.674. The zero-order valence-electron chi connectivity index (χ0n) is 6.44. The molecule has 0 saturated carbocycles. The Morgan fingerprint density at radius 3 is 2.75 bits per heavy atom. The molecule has 0 aliphatic rings. The molecule has 0 saturated heterocycles. The predicted molar refractivity (Wildman–Crippen MR) is 41.0 cm³/mol. The lowest BCUT2D eigenvalue weighted by atomic mass is 10.5. The standard InChI is InChI=1S/C6H8N4O2/c1-10-4(2-3-8-10)9-6(12)5(7)11/h2-3H,1H3,(H2,7,11)(H,9,12). The number of nitrogens with zero attached hydrogens (tertiary/aromatic N) is 2. The summed E-state index contributed by atoms with van der Waals surface area (Å²) in [6, 6.07) is 1.56. The maximum Gasteiger partial charge on any atom is 0.314 e. The second-order valence-electron chi connectivity index (χ2n) is 2.16. The second-order valence-corrected chi connectivity index (χ2v) is 2.16. The van der Waals surface area contributed by atoms with E-state index < -0.39 is 11.8 Å². The van der Waals surface area contributed by atoms with Crippen LogP contribution in [0.3, 0.4) is 0 Å². The number of aromatic nitrogens is 2. The van der Waals surface area contributed by atoms with Gasteiger partial charge in [-0.3, -0.25) is 14.3 Å². The van der Waals surface area contributed by atoms with Crippen molar-refractivity contribution in [1.82, 2.24) is 9.78 Å². The number of primary amides is 1. The molecule has 2 amide bonds. The highest BCUT2D eigenvalue weighted by Gasteiger charge is 2.09. The van der Waals surface area contributed by atoms with E-state index in [-0.39, 0.29) is 0 Å². The van der Waals surface area contributed by atoms with Crippen molar-refractivity contribution in [1.29, 1.82) is 0 Å². The highest BCUT2D eigenvalue weighted by Crippen LogP contribution is 2.01. The number of anilines is 1. The lowest BCUT2D eigenvalue weighted by molar-refractivity contribution is -0.134. The van der Waals surface area contributed by atoms with Gasteiger partial charge in [-0.25, -0.2) is 0 Å². The van der Waals surface area contributed by atoms with Crippen LogP contribution < -0.4 is 11.1 Å². The first-order chi connectivity index (χ1) is 5.61. The van der Waals surface area contributed by atoms with Gasteiger partial charge < -0.3 is 11.1 Å². The molecule has 0 radical (unpaired) electrons. The van der Waals surface area contributed by atoms with E-state index in [1.165, 1.54) is 10.9 Å². The van der Waals surface area contributed by atoms with Crippen molar-refractivity contribution in [2.45, 2.75) is 0 Å². The summed E-state index contributed by atoms with van der Waals surface area (Å²) in [6.07, 6.45) is 1.50. The summed E-state index contributed by atoms with van der Waals surface area (Å²) in [5, 5.41) is 6.06. The van der Waals surface area contributed by atoms with Crippen LogP contribution in [0.5, 0.6) is 0 Å². The molecule has 6 heteroatoms. The lowest BCUT2D eigenvalue weighted by Crippen LogP contribution is -2.30. The van der Waals surface area contributed by atoms with Crippen LogP contribution in [-0.4, -0.2) is 21.6 Å². The largest absolute Gasteiger partial charge is 0.361 e. The van der Waals surface area contributed by atoms with Gasteiger partial charge in [-0.15, -0.1) is 0 Å². The van der Waals surface area contributed by atoms with E-state index >= 15 is 0 Å². The van der Waals surface area contributed by atoms with Crippen LogP contribution >= 0.6 is 0 Å². The van der Waals surface area contributed by atoms with Gasteiger partial charge in [0, 0.05) is 13.1 Å². The number of hydrogen-bond acceptors (Lipinski definition) is 3. The van der Waals surface area contributed by atoms with E-state index in [0.717, 1.165) is 0 Å². The van der Waals surface area contributed by atoms with Gasteiger partial charge in [0.05, 0.1) is 6.20 Å². The molecule has 0 spiro atoms. The fourth-order valence-corrected chi connectivity index (χ4v) is 0.674. The summed E-state index contributed by atoms with van der Waals surface area (Å²) in [7, 11) is 1.64. The van der Waals surface area contributed by atoms with Crippen LogP contribution in [0.1, 0.15) is 0 Å². The van der Waals surface area contributed by atoms with Crippen molar-refractivity contribution < 1.29 is 9.59 Å². The van der Waals surface area contributed by atoms with Crippen molar-refractivity contribution in [2.24, 2.45) is 12.8 Å². The number of carbonyl (C=O) groups excluding carboxylic acids is 2. The molecule has 6 nitrogen and oxygen atoms in total. The van der Waals surface area contributed by atoms with E-state index in [1.54, 1.807) is 13.1 Å². The Hall–Kier alpha value is -1.85. The maximum absolute atomic E-state index is 10.7.